The van der Waals surface area contributed by atoms with Crippen molar-refractivity contribution in [1.29, 1.82) is 0 Å². The number of ether oxygens (including phenoxy) is 3. The molecule has 0 radical (unpaired) electrons. The monoisotopic (exact) mass is 502 g/mol. The van der Waals surface area contributed by atoms with Crippen molar-refractivity contribution in [3.8, 4) is 11.5 Å². The highest BCUT2D eigenvalue weighted by atomic mass is 35.5. The van der Waals surface area contributed by atoms with Gasteiger partial charge in [0.25, 0.3) is 5.72 Å². The lowest BCUT2D eigenvalue weighted by atomic mass is 9.82. The average molecular weight is 503 g/mol. The van der Waals surface area contributed by atoms with Crippen molar-refractivity contribution < 1.29 is 42.1 Å². The molecule has 1 heterocycles. The lowest BCUT2D eigenvalue weighted by molar-refractivity contribution is -0.294. The summed E-state index contributed by atoms with van der Waals surface area (Å²) < 4.78 is 57.2. The van der Waals surface area contributed by atoms with E-state index in [1.165, 1.54) is 37.5 Å². The molecule has 0 spiro atoms. The molecule has 1 aliphatic rings. The number of carbonyl (C=O) groups is 2. The Hall–Kier alpha value is -3.18. The number of hydrogen-bond donors (Lipinski definition) is 3. The highest BCUT2D eigenvalue weighted by molar-refractivity contribution is 6.30. The number of amides is 2. The van der Waals surface area contributed by atoms with Gasteiger partial charge in [0.05, 0.1) is 19.8 Å². The van der Waals surface area contributed by atoms with Gasteiger partial charge in [0, 0.05) is 5.02 Å². The second-order valence-corrected chi connectivity index (χ2v) is 7.83. The molecular formula is C22H22ClF3N2O6. The zero-order valence-corrected chi connectivity index (χ0v) is 18.9. The molecule has 2 aromatic rings. The molecule has 1 fully saturated rings. The number of methoxy groups -OCH3 is 1. The van der Waals surface area contributed by atoms with Gasteiger partial charge in [-0.3, -0.25) is 4.79 Å². The number of rotatable bonds is 7. The van der Waals surface area contributed by atoms with E-state index in [9.17, 15) is 27.9 Å². The highest BCUT2D eigenvalue weighted by Crippen LogP contribution is 2.44. The van der Waals surface area contributed by atoms with Gasteiger partial charge in [-0.2, -0.15) is 13.2 Å². The molecular weight excluding hydrogens is 481 g/mol. The zero-order chi connectivity index (χ0) is 25.1. The summed E-state index contributed by atoms with van der Waals surface area (Å²) in [5.74, 6) is -3.19. The van der Waals surface area contributed by atoms with Gasteiger partial charge in [-0.25, -0.2) is 4.79 Å². The molecule has 3 N–H and O–H groups in total. The summed E-state index contributed by atoms with van der Waals surface area (Å²) in [7, 11) is 1.32. The average Bonchev–Trinajstić information content (AvgIpc) is 2.77. The smallest absolute Gasteiger partial charge is 0.437 e. The summed E-state index contributed by atoms with van der Waals surface area (Å²) in [6, 6.07) is 8.11. The Morgan fingerprint density at radius 2 is 1.85 bits per heavy atom. The summed E-state index contributed by atoms with van der Waals surface area (Å²) in [6.45, 7) is 1.32. The van der Waals surface area contributed by atoms with Gasteiger partial charge in [-0.1, -0.05) is 29.8 Å². The molecule has 2 amide bonds. The van der Waals surface area contributed by atoms with Crippen LogP contribution in [0.25, 0.3) is 0 Å². The molecule has 0 saturated carbocycles. The summed E-state index contributed by atoms with van der Waals surface area (Å²) in [6.07, 6.45) is -5.37. The fourth-order valence-electron chi connectivity index (χ4n) is 3.55. The maximum atomic E-state index is 13.8. The summed E-state index contributed by atoms with van der Waals surface area (Å²) in [5.41, 5.74) is -2.99. The van der Waals surface area contributed by atoms with Crippen molar-refractivity contribution in [3.63, 3.8) is 0 Å². The van der Waals surface area contributed by atoms with Gasteiger partial charge in [0.1, 0.15) is 12.5 Å². The van der Waals surface area contributed by atoms with Crippen LogP contribution in [0.5, 0.6) is 11.5 Å². The van der Waals surface area contributed by atoms with Crippen molar-refractivity contribution in [2.75, 3.05) is 13.7 Å². The fourth-order valence-corrected chi connectivity index (χ4v) is 3.68. The van der Waals surface area contributed by atoms with E-state index in [4.69, 9.17) is 25.8 Å². The number of esters is 1. The summed E-state index contributed by atoms with van der Waals surface area (Å²) in [4.78, 5) is 24.6. The van der Waals surface area contributed by atoms with Gasteiger partial charge in [-0.05, 0) is 42.3 Å². The SMILES string of the molecule is CCOC(=O)[C@@H]1[C@H](c2ccc(OCc3ccc(Cl)cc3)c(OC)c2)NC(=O)N[C@@]1(O)C(F)(F)F. The molecule has 8 nitrogen and oxygen atoms in total. The summed E-state index contributed by atoms with van der Waals surface area (Å²) >= 11 is 5.86. The van der Waals surface area contributed by atoms with E-state index in [1.807, 2.05) is 0 Å². The van der Waals surface area contributed by atoms with E-state index in [-0.39, 0.29) is 30.3 Å². The number of benzene rings is 2. The van der Waals surface area contributed by atoms with E-state index < -0.39 is 35.9 Å². The predicted molar refractivity (Wildman–Crippen MR) is 114 cm³/mol. The van der Waals surface area contributed by atoms with Crippen molar-refractivity contribution in [2.45, 2.75) is 31.5 Å². The number of carbonyl (C=O) groups excluding carboxylic acids is 2. The Kier molecular flexibility index (Phi) is 7.47. The minimum absolute atomic E-state index is 0.0614. The maximum Gasteiger partial charge on any atom is 0.437 e. The van der Waals surface area contributed by atoms with Crippen molar-refractivity contribution in [3.05, 3.63) is 58.6 Å². The lowest BCUT2D eigenvalue weighted by Crippen LogP contribution is -2.73. The van der Waals surface area contributed by atoms with Gasteiger partial charge in [0.2, 0.25) is 0 Å². The molecule has 1 saturated heterocycles. The molecule has 1 aliphatic heterocycles. The molecule has 3 atom stereocenters. The first kappa shape index (κ1) is 25.4. The number of urea groups is 1. The number of nitrogens with one attached hydrogen (secondary N) is 2. The quantitative estimate of drug-likeness (QED) is 0.498. The Morgan fingerprint density at radius 1 is 1.18 bits per heavy atom. The first-order valence-electron chi connectivity index (χ1n) is 10.1. The molecule has 2 aromatic carbocycles. The molecule has 0 bridgehead atoms. The van der Waals surface area contributed by atoms with Crippen LogP contribution in [-0.4, -0.2) is 42.7 Å². The van der Waals surface area contributed by atoms with Crippen LogP contribution in [0.4, 0.5) is 18.0 Å². The van der Waals surface area contributed by atoms with E-state index in [0.717, 1.165) is 5.56 Å². The van der Waals surface area contributed by atoms with Crippen LogP contribution in [0.15, 0.2) is 42.5 Å². The van der Waals surface area contributed by atoms with Crippen LogP contribution < -0.4 is 20.1 Å². The third-order valence-corrected chi connectivity index (χ3v) is 5.45. The molecule has 0 unspecified atom stereocenters. The standard InChI is InChI=1S/C22H22ClF3N2O6/c1-3-33-19(29)17-18(27-20(30)28-21(17,31)22(24,25)26)13-6-9-15(16(10-13)32-2)34-11-12-4-7-14(23)8-5-12/h4-10,17-18,31H,3,11H2,1-2H3,(H2,27,28,30)/t17-,18-,21-/m0/s1. The van der Waals surface area contributed by atoms with Crippen LogP contribution in [0.2, 0.25) is 5.02 Å². The molecule has 184 valence electrons. The molecule has 0 aliphatic carbocycles. The third kappa shape index (κ3) is 5.15. The number of alkyl halides is 3. The molecule has 0 aromatic heterocycles. The normalized spacial score (nSPS) is 22.4. The first-order chi connectivity index (χ1) is 16.0. The second kappa shape index (κ2) is 9.98. The molecule has 3 rings (SSSR count). The van der Waals surface area contributed by atoms with Crippen LogP contribution in [0.1, 0.15) is 24.1 Å². The fraction of sp³-hybridized carbons (Fsp3) is 0.364. The predicted octanol–water partition coefficient (Wildman–Crippen LogP) is 3.71. The van der Waals surface area contributed by atoms with Crippen LogP contribution in [0, 0.1) is 5.92 Å². The number of halogens is 4. The Morgan fingerprint density at radius 3 is 2.44 bits per heavy atom. The Balaban J connectivity index is 1.95. The number of hydrogen-bond acceptors (Lipinski definition) is 6. The van der Waals surface area contributed by atoms with Crippen LogP contribution >= 0.6 is 11.6 Å². The van der Waals surface area contributed by atoms with E-state index in [0.29, 0.717) is 5.02 Å². The van der Waals surface area contributed by atoms with Crippen molar-refractivity contribution >= 4 is 23.6 Å². The van der Waals surface area contributed by atoms with Gasteiger partial charge >= 0.3 is 18.2 Å². The lowest BCUT2D eigenvalue weighted by Gasteiger charge is -2.44. The van der Waals surface area contributed by atoms with Gasteiger partial charge < -0.3 is 30.0 Å². The third-order valence-electron chi connectivity index (χ3n) is 5.20. The maximum absolute atomic E-state index is 13.8. The summed E-state index contributed by atoms with van der Waals surface area (Å²) in [5, 5.41) is 14.7. The minimum atomic E-state index is -5.37. The zero-order valence-electron chi connectivity index (χ0n) is 18.1. The molecule has 12 heteroatoms. The number of aliphatic hydroxyl groups is 1. The Labute approximate surface area is 197 Å². The second-order valence-electron chi connectivity index (χ2n) is 7.40. The topological polar surface area (TPSA) is 106 Å². The molecule has 34 heavy (non-hydrogen) atoms. The highest BCUT2D eigenvalue weighted by Gasteiger charge is 2.67. The van der Waals surface area contributed by atoms with E-state index in [2.05, 4.69) is 5.32 Å². The van der Waals surface area contributed by atoms with Gasteiger partial charge in [-0.15, -0.1) is 0 Å². The van der Waals surface area contributed by atoms with E-state index in [1.54, 1.807) is 24.3 Å². The van der Waals surface area contributed by atoms with Crippen LogP contribution in [0.3, 0.4) is 0 Å². The Bertz CT molecular complexity index is 1050. The largest absolute Gasteiger partial charge is 0.493 e. The first-order valence-corrected chi connectivity index (χ1v) is 10.5. The minimum Gasteiger partial charge on any atom is -0.493 e. The van der Waals surface area contributed by atoms with E-state index >= 15 is 0 Å². The van der Waals surface area contributed by atoms with Crippen molar-refractivity contribution in [1.82, 2.24) is 10.6 Å². The van der Waals surface area contributed by atoms with Crippen LogP contribution in [-0.2, 0) is 16.1 Å². The van der Waals surface area contributed by atoms with Gasteiger partial charge in [0.15, 0.2) is 11.5 Å². The van der Waals surface area contributed by atoms with Crippen molar-refractivity contribution in [2.24, 2.45) is 5.92 Å².